The van der Waals surface area contributed by atoms with Gasteiger partial charge in [0.05, 0.1) is 23.9 Å². The highest BCUT2D eigenvalue weighted by Gasteiger charge is 2.24. The fraction of sp³-hybridized carbons (Fsp3) is 0.250. The number of alkyl halides is 2. The van der Waals surface area contributed by atoms with Gasteiger partial charge in [0.15, 0.2) is 5.75 Å². The van der Waals surface area contributed by atoms with Gasteiger partial charge in [-0.2, -0.15) is 0 Å². The monoisotopic (exact) mass is 255 g/mol. The van der Waals surface area contributed by atoms with E-state index in [1.807, 2.05) is 0 Å². The van der Waals surface area contributed by atoms with Crippen molar-refractivity contribution in [3.8, 4) is 5.75 Å². The standard InChI is InChI=1S/C8H5Cl2F2NO2/c1-15-3-2-13-6(8(11)12)4(5(3)9)7(10)14/h2,8H,1H3. The van der Waals surface area contributed by atoms with Crippen LogP contribution in [-0.4, -0.2) is 17.3 Å². The first-order chi connectivity index (χ1) is 6.99. The lowest BCUT2D eigenvalue weighted by Gasteiger charge is -2.09. The Morgan fingerprint density at radius 3 is 2.60 bits per heavy atom. The molecule has 1 heterocycles. The third-order valence-electron chi connectivity index (χ3n) is 1.64. The Labute approximate surface area is 94.0 Å². The summed E-state index contributed by atoms with van der Waals surface area (Å²) in [6.45, 7) is 0. The van der Waals surface area contributed by atoms with Crippen LogP contribution in [0.5, 0.6) is 5.75 Å². The van der Waals surface area contributed by atoms with Crippen LogP contribution in [0.15, 0.2) is 6.20 Å². The number of halogens is 4. The molecule has 0 aliphatic heterocycles. The van der Waals surface area contributed by atoms with Crippen LogP contribution in [0, 0.1) is 0 Å². The Bertz CT molecular complexity index is 398. The number of nitrogens with zero attached hydrogens (tertiary/aromatic N) is 1. The molecule has 82 valence electrons. The van der Waals surface area contributed by atoms with Gasteiger partial charge in [-0.05, 0) is 11.6 Å². The molecule has 0 aliphatic rings. The molecular weight excluding hydrogens is 251 g/mol. The van der Waals surface area contributed by atoms with Crippen molar-refractivity contribution >= 4 is 28.4 Å². The first-order valence-corrected chi connectivity index (χ1v) is 4.45. The minimum Gasteiger partial charge on any atom is -0.494 e. The lowest BCUT2D eigenvalue weighted by molar-refractivity contribution is 0.106. The van der Waals surface area contributed by atoms with Crippen LogP contribution in [0.2, 0.25) is 5.02 Å². The van der Waals surface area contributed by atoms with Crippen LogP contribution < -0.4 is 4.74 Å². The van der Waals surface area contributed by atoms with Crippen LogP contribution >= 0.6 is 23.2 Å². The van der Waals surface area contributed by atoms with Crippen LogP contribution in [0.4, 0.5) is 8.78 Å². The highest BCUT2D eigenvalue weighted by molar-refractivity contribution is 6.69. The average Bonchev–Trinajstić information content (AvgIpc) is 2.16. The predicted molar refractivity (Wildman–Crippen MR) is 50.9 cm³/mol. The second-order valence-electron chi connectivity index (χ2n) is 2.48. The van der Waals surface area contributed by atoms with Crippen molar-refractivity contribution in [2.75, 3.05) is 7.11 Å². The Hall–Kier alpha value is -0.940. The van der Waals surface area contributed by atoms with E-state index in [0.29, 0.717) is 0 Å². The first kappa shape index (κ1) is 12.1. The molecule has 1 aromatic rings. The molecule has 0 unspecified atom stereocenters. The molecular formula is C8H5Cl2F2NO2. The lowest BCUT2D eigenvalue weighted by atomic mass is 10.2. The molecule has 0 bridgehead atoms. The molecule has 0 spiro atoms. The van der Waals surface area contributed by atoms with Crippen molar-refractivity contribution < 1.29 is 18.3 Å². The summed E-state index contributed by atoms with van der Waals surface area (Å²) in [5.41, 5.74) is -1.27. The smallest absolute Gasteiger partial charge is 0.281 e. The molecule has 0 fully saturated rings. The molecule has 0 saturated heterocycles. The molecule has 0 aromatic carbocycles. The van der Waals surface area contributed by atoms with Crippen LogP contribution in [0.25, 0.3) is 0 Å². The van der Waals surface area contributed by atoms with Crippen LogP contribution in [-0.2, 0) is 0 Å². The summed E-state index contributed by atoms with van der Waals surface area (Å²) in [6, 6.07) is 0. The molecule has 7 heteroatoms. The maximum atomic E-state index is 12.4. The van der Waals surface area contributed by atoms with Gasteiger partial charge in [0.25, 0.3) is 11.7 Å². The van der Waals surface area contributed by atoms with Gasteiger partial charge >= 0.3 is 0 Å². The number of rotatable bonds is 3. The minimum absolute atomic E-state index is 0.0186. The number of aromatic nitrogens is 1. The molecule has 0 aliphatic carbocycles. The van der Waals surface area contributed by atoms with Gasteiger partial charge in [-0.3, -0.25) is 9.78 Å². The number of hydrogen-bond acceptors (Lipinski definition) is 3. The van der Waals surface area contributed by atoms with Gasteiger partial charge in [0, 0.05) is 0 Å². The maximum absolute atomic E-state index is 12.4. The molecule has 0 N–H and O–H groups in total. The Kier molecular flexibility index (Phi) is 3.82. The highest BCUT2D eigenvalue weighted by atomic mass is 35.5. The zero-order valence-electron chi connectivity index (χ0n) is 7.43. The SMILES string of the molecule is COc1cnc(C(F)F)c(C(=O)Cl)c1Cl. The number of hydrogen-bond donors (Lipinski definition) is 0. The summed E-state index contributed by atoms with van der Waals surface area (Å²) in [5, 5.41) is -1.36. The average molecular weight is 256 g/mol. The molecule has 0 amide bonds. The third kappa shape index (κ3) is 2.35. The number of carbonyl (C=O) groups is 1. The predicted octanol–water partition coefficient (Wildman–Crippen LogP) is 3.06. The summed E-state index contributed by atoms with van der Waals surface area (Å²) in [4.78, 5) is 14.3. The van der Waals surface area contributed by atoms with Crippen molar-refractivity contribution in [1.82, 2.24) is 4.98 Å². The lowest BCUT2D eigenvalue weighted by Crippen LogP contribution is -2.04. The maximum Gasteiger partial charge on any atom is 0.281 e. The fourth-order valence-electron chi connectivity index (χ4n) is 0.980. The van der Waals surface area contributed by atoms with Crippen molar-refractivity contribution in [2.45, 2.75) is 6.43 Å². The van der Waals surface area contributed by atoms with E-state index in [0.717, 1.165) is 6.20 Å². The number of pyridine rings is 1. The van der Waals surface area contributed by atoms with Gasteiger partial charge in [0.1, 0.15) is 5.69 Å². The van der Waals surface area contributed by atoms with Crippen LogP contribution in [0.3, 0.4) is 0 Å². The first-order valence-electron chi connectivity index (χ1n) is 3.69. The van der Waals surface area contributed by atoms with E-state index in [9.17, 15) is 13.6 Å². The van der Waals surface area contributed by atoms with Crippen molar-refractivity contribution in [1.29, 1.82) is 0 Å². The van der Waals surface area contributed by atoms with Gasteiger partial charge < -0.3 is 4.74 Å². The summed E-state index contributed by atoms with van der Waals surface area (Å²) < 4.78 is 29.6. The topological polar surface area (TPSA) is 39.2 Å². The Morgan fingerprint density at radius 2 is 2.20 bits per heavy atom. The number of ether oxygens (including phenoxy) is 1. The minimum atomic E-state index is -2.92. The van der Waals surface area contributed by atoms with E-state index >= 15 is 0 Å². The Balaban J connectivity index is 3.44. The Morgan fingerprint density at radius 1 is 1.60 bits per heavy atom. The van der Waals surface area contributed by atoms with E-state index in [-0.39, 0.29) is 10.8 Å². The highest BCUT2D eigenvalue weighted by Crippen LogP contribution is 2.33. The van der Waals surface area contributed by atoms with Gasteiger partial charge in [-0.15, -0.1) is 0 Å². The zero-order valence-corrected chi connectivity index (χ0v) is 8.94. The summed E-state index contributed by atoms with van der Waals surface area (Å²) >= 11 is 10.8. The van der Waals surface area contributed by atoms with Crippen molar-refractivity contribution in [2.24, 2.45) is 0 Å². The van der Waals surface area contributed by atoms with Gasteiger partial charge in [0.2, 0.25) is 0 Å². The largest absolute Gasteiger partial charge is 0.494 e. The van der Waals surface area contributed by atoms with Crippen molar-refractivity contribution in [3.63, 3.8) is 0 Å². The number of methoxy groups -OCH3 is 1. The summed E-state index contributed by atoms with van der Waals surface area (Å²) in [5.74, 6) is 0.0186. The summed E-state index contributed by atoms with van der Waals surface area (Å²) in [7, 11) is 1.27. The van der Waals surface area contributed by atoms with E-state index < -0.39 is 22.9 Å². The quantitative estimate of drug-likeness (QED) is 0.780. The third-order valence-corrected chi connectivity index (χ3v) is 2.20. The molecule has 1 aromatic heterocycles. The van der Waals surface area contributed by atoms with E-state index in [4.69, 9.17) is 27.9 Å². The molecule has 1 rings (SSSR count). The fourth-order valence-corrected chi connectivity index (χ4v) is 1.53. The van der Waals surface area contributed by atoms with Gasteiger partial charge in [-0.1, -0.05) is 11.6 Å². The number of carbonyl (C=O) groups excluding carboxylic acids is 1. The van der Waals surface area contributed by atoms with E-state index in [2.05, 4.69) is 4.98 Å². The molecule has 3 nitrogen and oxygen atoms in total. The zero-order chi connectivity index (χ0) is 11.6. The second-order valence-corrected chi connectivity index (χ2v) is 3.20. The molecule has 15 heavy (non-hydrogen) atoms. The molecule has 0 saturated carbocycles. The normalized spacial score (nSPS) is 10.5. The van der Waals surface area contributed by atoms with E-state index in [1.54, 1.807) is 0 Å². The van der Waals surface area contributed by atoms with E-state index in [1.165, 1.54) is 7.11 Å². The van der Waals surface area contributed by atoms with Gasteiger partial charge in [-0.25, -0.2) is 8.78 Å². The molecule has 0 radical (unpaired) electrons. The second kappa shape index (κ2) is 4.72. The van der Waals surface area contributed by atoms with Crippen molar-refractivity contribution in [3.05, 3.63) is 22.5 Å². The molecule has 0 atom stereocenters. The summed E-state index contributed by atoms with van der Waals surface area (Å²) in [6.07, 6.45) is -1.92. The van der Waals surface area contributed by atoms with Crippen LogP contribution in [0.1, 0.15) is 22.5 Å².